The smallest absolute Gasteiger partial charge is 0.0720 e. The maximum absolute atomic E-state index is 5.96. The molecule has 0 bridgehead atoms. The zero-order valence-corrected chi connectivity index (χ0v) is 11.3. The molecule has 2 heteroatoms. The Bertz CT molecular complexity index is 308. The van der Waals surface area contributed by atoms with Gasteiger partial charge in [0.05, 0.1) is 12.7 Å². The number of benzene rings is 1. The molecule has 2 N–H and O–H groups in total. The molecule has 17 heavy (non-hydrogen) atoms. The molecule has 0 saturated carbocycles. The molecule has 0 fully saturated rings. The first-order chi connectivity index (χ1) is 8.07. The minimum absolute atomic E-state index is 0.164. The maximum Gasteiger partial charge on any atom is 0.0720 e. The van der Waals surface area contributed by atoms with Crippen LogP contribution in [0.1, 0.15) is 39.2 Å². The number of nitrogens with two attached hydrogens (primary N) is 1. The Morgan fingerprint density at radius 2 is 1.88 bits per heavy atom. The van der Waals surface area contributed by atoms with Crippen LogP contribution in [0.4, 0.5) is 0 Å². The molecule has 1 aromatic carbocycles. The van der Waals surface area contributed by atoms with Gasteiger partial charge < -0.3 is 10.5 Å². The van der Waals surface area contributed by atoms with Gasteiger partial charge in [0.25, 0.3) is 0 Å². The Hall–Kier alpha value is -0.860. The van der Waals surface area contributed by atoms with Gasteiger partial charge in [-0.1, -0.05) is 51.1 Å². The topological polar surface area (TPSA) is 35.2 Å². The van der Waals surface area contributed by atoms with Crippen LogP contribution in [0.25, 0.3) is 0 Å². The first-order valence-corrected chi connectivity index (χ1v) is 6.43. The van der Waals surface area contributed by atoms with Crippen LogP contribution < -0.4 is 5.73 Å². The van der Waals surface area contributed by atoms with E-state index in [1.165, 1.54) is 5.56 Å². The lowest BCUT2D eigenvalue weighted by molar-refractivity contribution is 0.0107. The van der Waals surface area contributed by atoms with Crippen molar-refractivity contribution in [1.82, 2.24) is 0 Å². The zero-order valence-electron chi connectivity index (χ0n) is 11.3. The second-order valence-corrected chi connectivity index (χ2v) is 5.40. The molecule has 0 aromatic heterocycles. The Morgan fingerprint density at radius 1 is 1.24 bits per heavy atom. The molecule has 1 unspecified atom stereocenters. The van der Waals surface area contributed by atoms with Gasteiger partial charge in [-0.05, 0) is 30.4 Å². The van der Waals surface area contributed by atoms with Gasteiger partial charge in [-0.15, -0.1) is 0 Å². The van der Waals surface area contributed by atoms with E-state index in [2.05, 4.69) is 32.9 Å². The standard InChI is InChI=1S/C15H25NO/c1-4-14(10-15(2,3)12-16)17-11-13-8-6-5-7-9-13/h5-9,14H,4,10-12,16H2,1-3H3. The van der Waals surface area contributed by atoms with E-state index in [1.54, 1.807) is 0 Å². The van der Waals surface area contributed by atoms with Crippen LogP contribution in [-0.2, 0) is 11.3 Å². The van der Waals surface area contributed by atoms with Crippen LogP contribution in [0.2, 0.25) is 0 Å². The normalized spacial score (nSPS) is 13.6. The SMILES string of the molecule is CCC(CC(C)(C)CN)OCc1ccccc1. The van der Waals surface area contributed by atoms with Crippen molar-refractivity contribution in [2.24, 2.45) is 11.1 Å². The summed E-state index contributed by atoms with van der Waals surface area (Å²) in [6, 6.07) is 10.3. The van der Waals surface area contributed by atoms with Crippen LogP contribution >= 0.6 is 0 Å². The molecule has 0 aliphatic heterocycles. The molecular formula is C15H25NO. The van der Waals surface area contributed by atoms with Crippen LogP contribution in [0.15, 0.2) is 30.3 Å². The second kappa shape index (κ2) is 6.77. The third-order valence-corrected chi connectivity index (χ3v) is 3.12. The summed E-state index contributed by atoms with van der Waals surface area (Å²) in [7, 11) is 0. The van der Waals surface area contributed by atoms with Crippen molar-refractivity contribution < 1.29 is 4.74 Å². The lowest BCUT2D eigenvalue weighted by Crippen LogP contribution is -2.29. The van der Waals surface area contributed by atoms with Crippen molar-refractivity contribution >= 4 is 0 Å². The van der Waals surface area contributed by atoms with Gasteiger partial charge in [0, 0.05) is 0 Å². The first kappa shape index (κ1) is 14.2. The zero-order chi connectivity index (χ0) is 12.7. The predicted octanol–water partition coefficient (Wildman–Crippen LogP) is 3.36. The molecular weight excluding hydrogens is 210 g/mol. The molecule has 0 radical (unpaired) electrons. The molecule has 0 amide bonds. The summed E-state index contributed by atoms with van der Waals surface area (Å²) in [5.41, 5.74) is 7.16. The van der Waals surface area contributed by atoms with Gasteiger partial charge in [-0.3, -0.25) is 0 Å². The van der Waals surface area contributed by atoms with E-state index < -0.39 is 0 Å². The lowest BCUT2D eigenvalue weighted by Gasteiger charge is -2.28. The third-order valence-electron chi connectivity index (χ3n) is 3.12. The molecule has 1 rings (SSSR count). The summed E-state index contributed by atoms with van der Waals surface area (Å²) in [5.74, 6) is 0. The number of ether oxygens (including phenoxy) is 1. The summed E-state index contributed by atoms with van der Waals surface area (Å²) in [4.78, 5) is 0. The molecule has 0 heterocycles. The van der Waals surface area contributed by atoms with E-state index >= 15 is 0 Å². The fraction of sp³-hybridized carbons (Fsp3) is 0.600. The van der Waals surface area contributed by atoms with Gasteiger partial charge in [0.1, 0.15) is 0 Å². The maximum atomic E-state index is 5.96. The highest BCUT2D eigenvalue weighted by Gasteiger charge is 2.21. The Kier molecular flexibility index (Phi) is 5.66. The highest BCUT2D eigenvalue weighted by Crippen LogP contribution is 2.24. The van der Waals surface area contributed by atoms with Crippen molar-refractivity contribution in [1.29, 1.82) is 0 Å². The van der Waals surface area contributed by atoms with Gasteiger partial charge in [-0.2, -0.15) is 0 Å². The number of hydrogen-bond acceptors (Lipinski definition) is 2. The lowest BCUT2D eigenvalue weighted by atomic mass is 9.86. The van der Waals surface area contributed by atoms with E-state index in [-0.39, 0.29) is 5.41 Å². The van der Waals surface area contributed by atoms with Crippen LogP contribution in [-0.4, -0.2) is 12.6 Å². The number of hydrogen-bond donors (Lipinski definition) is 1. The largest absolute Gasteiger partial charge is 0.374 e. The van der Waals surface area contributed by atoms with Crippen molar-refractivity contribution in [3.8, 4) is 0 Å². The van der Waals surface area contributed by atoms with Crippen LogP contribution in [0.5, 0.6) is 0 Å². The average Bonchev–Trinajstić information content (AvgIpc) is 2.35. The molecule has 96 valence electrons. The van der Waals surface area contributed by atoms with E-state index in [1.807, 2.05) is 18.2 Å². The van der Waals surface area contributed by atoms with Gasteiger partial charge >= 0.3 is 0 Å². The molecule has 2 nitrogen and oxygen atoms in total. The van der Waals surface area contributed by atoms with Crippen molar-refractivity contribution in [3.05, 3.63) is 35.9 Å². The van der Waals surface area contributed by atoms with Crippen molar-refractivity contribution in [2.45, 2.75) is 46.3 Å². The third kappa shape index (κ3) is 5.33. The second-order valence-electron chi connectivity index (χ2n) is 5.40. The Labute approximate surface area is 105 Å². The quantitative estimate of drug-likeness (QED) is 0.786. The van der Waals surface area contributed by atoms with Gasteiger partial charge in [-0.25, -0.2) is 0 Å². The van der Waals surface area contributed by atoms with Gasteiger partial charge in [0.15, 0.2) is 0 Å². The van der Waals surface area contributed by atoms with Gasteiger partial charge in [0.2, 0.25) is 0 Å². The van der Waals surface area contributed by atoms with Crippen molar-refractivity contribution in [3.63, 3.8) is 0 Å². The highest BCUT2D eigenvalue weighted by atomic mass is 16.5. The highest BCUT2D eigenvalue weighted by molar-refractivity contribution is 5.13. The summed E-state index contributed by atoms with van der Waals surface area (Å²) in [5, 5.41) is 0. The summed E-state index contributed by atoms with van der Waals surface area (Å²) in [6.07, 6.45) is 2.36. The fourth-order valence-electron chi connectivity index (χ4n) is 1.81. The summed E-state index contributed by atoms with van der Waals surface area (Å²) in [6.45, 7) is 7.96. The van der Waals surface area contributed by atoms with E-state index in [0.29, 0.717) is 19.3 Å². The monoisotopic (exact) mass is 235 g/mol. The molecule has 1 atom stereocenters. The summed E-state index contributed by atoms with van der Waals surface area (Å²) < 4.78 is 5.96. The molecule has 1 aromatic rings. The van der Waals surface area contributed by atoms with E-state index in [4.69, 9.17) is 10.5 Å². The fourth-order valence-corrected chi connectivity index (χ4v) is 1.81. The molecule has 0 aliphatic carbocycles. The number of rotatable bonds is 7. The van der Waals surface area contributed by atoms with Crippen LogP contribution in [0, 0.1) is 5.41 Å². The van der Waals surface area contributed by atoms with E-state index in [0.717, 1.165) is 12.8 Å². The summed E-state index contributed by atoms with van der Waals surface area (Å²) >= 11 is 0. The van der Waals surface area contributed by atoms with E-state index in [9.17, 15) is 0 Å². The Balaban J connectivity index is 2.43. The average molecular weight is 235 g/mol. The van der Waals surface area contributed by atoms with Crippen LogP contribution in [0.3, 0.4) is 0 Å². The Morgan fingerprint density at radius 3 is 2.41 bits per heavy atom. The minimum atomic E-state index is 0.164. The molecule has 0 aliphatic rings. The first-order valence-electron chi connectivity index (χ1n) is 6.43. The molecule has 0 saturated heterocycles. The predicted molar refractivity (Wildman–Crippen MR) is 72.8 cm³/mol. The van der Waals surface area contributed by atoms with Crippen molar-refractivity contribution in [2.75, 3.05) is 6.54 Å². The molecule has 0 spiro atoms. The minimum Gasteiger partial charge on any atom is -0.374 e.